The summed E-state index contributed by atoms with van der Waals surface area (Å²) >= 11 is 3.12. The molecule has 5 heteroatoms. The van der Waals surface area contributed by atoms with Crippen molar-refractivity contribution in [2.45, 2.75) is 6.42 Å². The molecule has 1 heterocycles. The van der Waals surface area contributed by atoms with Crippen molar-refractivity contribution in [2.75, 3.05) is 36.9 Å². The van der Waals surface area contributed by atoms with Gasteiger partial charge in [0.05, 0.1) is 22.5 Å². The lowest BCUT2D eigenvalue weighted by molar-refractivity contribution is 0.152. The number of hydrogen-bond acceptors (Lipinski definition) is 3. The van der Waals surface area contributed by atoms with Crippen LogP contribution in [0.3, 0.4) is 0 Å². The van der Waals surface area contributed by atoms with E-state index in [9.17, 15) is 4.39 Å². The van der Waals surface area contributed by atoms with Gasteiger partial charge in [0.2, 0.25) is 0 Å². The maximum atomic E-state index is 13.5. The topological polar surface area (TPSA) is 38.5 Å². The standard InChI is InChI=1S/C11H14BrFN2O/c12-8-6-10(14)11(7-9(8)13)15-2-1-4-16-5-3-15/h6-7H,1-5,14H2. The van der Waals surface area contributed by atoms with E-state index in [1.54, 1.807) is 6.07 Å². The van der Waals surface area contributed by atoms with Gasteiger partial charge in [0.1, 0.15) is 5.82 Å². The van der Waals surface area contributed by atoms with Crippen LogP contribution in [-0.2, 0) is 4.74 Å². The van der Waals surface area contributed by atoms with Gasteiger partial charge < -0.3 is 15.4 Å². The first-order valence-electron chi connectivity index (χ1n) is 5.25. The van der Waals surface area contributed by atoms with Gasteiger partial charge in [0, 0.05) is 25.8 Å². The second-order valence-corrected chi connectivity index (χ2v) is 4.63. The summed E-state index contributed by atoms with van der Waals surface area (Å²) in [5.41, 5.74) is 7.24. The first kappa shape index (κ1) is 11.7. The van der Waals surface area contributed by atoms with Gasteiger partial charge in [0.25, 0.3) is 0 Å². The third-order valence-corrected chi connectivity index (χ3v) is 3.24. The van der Waals surface area contributed by atoms with Crippen molar-refractivity contribution in [3.8, 4) is 0 Å². The molecule has 0 aromatic heterocycles. The molecule has 2 rings (SSSR count). The second kappa shape index (κ2) is 5.01. The molecule has 16 heavy (non-hydrogen) atoms. The molecule has 2 N–H and O–H groups in total. The monoisotopic (exact) mass is 288 g/mol. The molecule has 1 aromatic carbocycles. The molecule has 0 aliphatic carbocycles. The summed E-state index contributed by atoms with van der Waals surface area (Å²) in [6, 6.07) is 3.08. The Hall–Kier alpha value is -0.810. The van der Waals surface area contributed by atoms with Crippen molar-refractivity contribution in [1.82, 2.24) is 0 Å². The summed E-state index contributed by atoms with van der Waals surface area (Å²) in [7, 11) is 0. The number of anilines is 2. The highest BCUT2D eigenvalue weighted by atomic mass is 79.9. The molecule has 1 fully saturated rings. The third kappa shape index (κ3) is 2.47. The Bertz CT molecular complexity index is 378. The van der Waals surface area contributed by atoms with Crippen molar-refractivity contribution in [1.29, 1.82) is 0 Å². The zero-order valence-electron chi connectivity index (χ0n) is 8.88. The number of nitrogen functional groups attached to an aromatic ring is 1. The van der Waals surface area contributed by atoms with Crippen LogP contribution in [0.1, 0.15) is 6.42 Å². The van der Waals surface area contributed by atoms with Crippen LogP contribution in [0, 0.1) is 5.82 Å². The summed E-state index contributed by atoms with van der Waals surface area (Å²) in [4.78, 5) is 2.07. The zero-order valence-corrected chi connectivity index (χ0v) is 10.5. The average Bonchev–Trinajstić information content (AvgIpc) is 2.52. The highest BCUT2D eigenvalue weighted by molar-refractivity contribution is 9.10. The lowest BCUT2D eigenvalue weighted by atomic mass is 10.2. The van der Waals surface area contributed by atoms with E-state index in [1.165, 1.54) is 6.07 Å². The summed E-state index contributed by atoms with van der Waals surface area (Å²) < 4.78 is 19.2. The van der Waals surface area contributed by atoms with Crippen molar-refractivity contribution in [2.24, 2.45) is 0 Å². The lowest BCUT2D eigenvalue weighted by Crippen LogP contribution is -2.26. The Labute approximate surface area is 102 Å². The quantitative estimate of drug-likeness (QED) is 0.807. The van der Waals surface area contributed by atoms with Gasteiger partial charge in [-0.05, 0) is 28.4 Å². The predicted molar refractivity (Wildman–Crippen MR) is 66.2 cm³/mol. The number of hydrogen-bond donors (Lipinski definition) is 1. The Balaban J connectivity index is 2.27. The number of ether oxygens (including phenoxy) is 1. The minimum Gasteiger partial charge on any atom is -0.397 e. The van der Waals surface area contributed by atoms with Crippen LogP contribution in [0.4, 0.5) is 15.8 Å². The highest BCUT2D eigenvalue weighted by Gasteiger charge is 2.14. The molecule has 0 bridgehead atoms. The van der Waals surface area contributed by atoms with E-state index in [0.29, 0.717) is 16.8 Å². The van der Waals surface area contributed by atoms with E-state index < -0.39 is 0 Å². The maximum absolute atomic E-state index is 13.5. The Morgan fingerprint density at radius 2 is 2.12 bits per heavy atom. The van der Waals surface area contributed by atoms with E-state index in [2.05, 4.69) is 20.8 Å². The van der Waals surface area contributed by atoms with E-state index in [1.807, 2.05) is 0 Å². The number of benzene rings is 1. The Morgan fingerprint density at radius 3 is 2.94 bits per heavy atom. The summed E-state index contributed by atoms with van der Waals surface area (Å²) in [5, 5.41) is 0. The summed E-state index contributed by atoms with van der Waals surface area (Å²) in [6.45, 7) is 3.03. The summed E-state index contributed by atoms with van der Waals surface area (Å²) in [6.07, 6.45) is 0.942. The normalized spacial score (nSPS) is 17.2. The van der Waals surface area contributed by atoms with Gasteiger partial charge in [-0.1, -0.05) is 0 Å². The number of rotatable bonds is 1. The fourth-order valence-electron chi connectivity index (χ4n) is 1.81. The van der Waals surface area contributed by atoms with Gasteiger partial charge in [-0.15, -0.1) is 0 Å². The number of nitrogens with two attached hydrogens (primary N) is 1. The van der Waals surface area contributed by atoms with Gasteiger partial charge in [0.15, 0.2) is 0 Å². The fraction of sp³-hybridized carbons (Fsp3) is 0.455. The van der Waals surface area contributed by atoms with Crippen LogP contribution in [0.5, 0.6) is 0 Å². The largest absolute Gasteiger partial charge is 0.397 e. The number of nitrogens with zero attached hydrogens (tertiary/aromatic N) is 1. The van der Waals surface area contributed by atoms with E-state index in [4.69, 9.17) is 10.5 Å². The average molecular weight is 289 g/mol. The molecular weight excluding hydrogens is 275 g/mol. The van der Waals surface area contributed by atoms with Crippen LogP contribution in [0.15, 0.2) is 16.6 Å². The molecule has 1 aromatic rings. The highest BCUT2D eigenvalue weighted by Crippen LogP contribution is 2.29. The molecule has 1 aliphatic rings. The van der Waals surface area contributed by atoms with Crippen molar-refractivity contribution >= 4 is 27.3 Å². The zero-order chi connectivity index (χ0) is 11.5. The number of halogens is 2. The minimum absolute atomic E-state index is 0.283. The van der Waals surface area contributed by atoms with Crippen molar-refractivity contribution in [3.63, 3.8) is 0 Å². The molecule has 0 saturated carbocycles. The maximum Gasteiger partial charge on any atom is 0.139 e. The van der Waals surface area contributed by atoms with E-state index in [-0.39, 0.29) is 5.82 Å². The Kier molecular flexibility index (Phi) is 3.66. The third-order valence-electron chi connectivity index (χ3n) is 2.63. The lowest BCUT2D eigenvalue weighted by Gasteiger charge is -2.23. The van der Waals surface area contributed by atoms with Crippen LogP contribution in [0.2, 0.25) is 0 Å². The minimum atomic E-state index is -0.283. The predicted octanol–water partition coefficient (Wildman–Crippen LogP) is 2.40. The van der Waals surface area contributed by atoms with E-state index >= 15 is 0 Å². The SMILES string of the molecule is Nc1cc(Br)c(F)cc1N1CCCOCC1. The van der Waals surface area contributed by atoms with Gasteiger partial charge in [-0.2, -0.15) is 0 Å². The molecule has 1 aliphatic heterocycles. The van der Waals surface area contributed by atoms with Crippen LogP contribution in [-0.4, -0.2) is 26.3 Å². The fourth-order valence-corrected chi connectivity index (χ4v) is 2.17. The molecule has 88 valence electrons. The van der Waals surface area contributed by atoms with Gasteiger partial charge >= 0.3 is 0 Å². The van der Waals surface area contributed by atoms with Crippen molar-refractivity contribution in [3.05, 3.63) is 22.4 Å². The van der Waals surface area contributed by atoms with Gasteiger partial charge in [-0.25, -0.2) is 4.39 Å². The smallest absolute Gasteiger partial charge is 0.139 e. The molecule has 1 saturated heterocycles. The molecule has 0 atom stereocenters. The van der Waals surface area contributed by atoms with Crippen LogP contribution >= 0.6 is 15.9 Å². The molecule has 0 amide bonds. The van der Waals surface area contributed by atoms with Crippen LogP contribution in [0.25, 0.3) is 0 Å². The summed E-state index contributed by atoms with van der Waals surface area (Å²) in [5.74, 6) is -0.283. The molecule has 0 unspecified atom stereocenters. The van der Waals surface area contributed by atoms with Crippen LogP contribution < -0.4 is 10.6 Å². The second-order valence-electron chi connectivity index (χ2n) is 3.78. The Morgan fingerprint density at radius 1 is 1.31 bits per heavy atom. The first-order valence-corrected chi connectivity index (χ1v) is 6.05. The molecular formula is C11H14BrFN2O. The first-order chi connectivity index (χ1) is 7.68. The molecule has 0 spiro atoms. The van der Waals surface area contributed by atoms with Crippen molar-refractivity contribution < 1.29 is 9.13 Å². The molecule has 3 nitrogen and oxygen atoms in total. The van der Waals surface area contributed by atoms with E-state index in [0.717, 1.165) is 31.8 Å². The molecule has 0 radical (unpaired) electrons. The van der Waals surface area contributed by atoms with Gasteiger partial charge in [-0.3, -0.25) is 0 Å².